The van der Waals surface area contributed by atoms with Crippen LogP contribution < -0.4 is 0 Å². The second kappa shape index (κ2) is 12.1. The quantitative estimate of drug-likeness (QED) is 0.181. The Morgan fingerprint density at radius 1 is 0.296 bits per heavy atom. The van der Waals surface area contributed by atoms with Crippen LogP contribution >= 0.6 is 0 Å². The van der Waals surface area contributed by atoms with Gasteiger partial charge < -0.3 is 4.57 Å². The van der Waals surface area contributed by atoms with Crippen molar-refractivity contribution in [2.24, 2.45) is 0 Å². The predicted octanol–water partition coefficient (Wildman–Crippen LogP) is 12.2. The Balaban J connectivity index is 1.15. The number of para-hydroxylation sites is 2. The van der Waals surface area contributed by atoms with Crippen molar-refractivity contribution in [3.8, 4) is 45.5 Å². The van der Waals surface area contributed by atoms with E-state index in [4.69, 9.17) is 15.0 Å². The monoisotopic (exact) mass is 689 g/mol. The third-order valence-corrected chi connectivity index (χ3v) is 10.6. The molecule has 252 valence electrons. The van der Waals surface area contributed by atoms with E-state index in [1.54, 1.807) is 0 Å². The Bertz CT molecular complexity index is 3150. The van der Waals surface area contributed by atoms with E-state index in [0.29, 0.717) is 17.6 Å². The first-order valence-corrected chi connectivity index (χ1v) is 18.2. The maximum absolute atomic E-state index is 5.15. The topological polar surface area (TPSA) is 48.5 Å². The van der Waals surface area contributed by atoms with Crippen LogP contribution in [0.15, 0.2) is 188 Å². The van der Waals surface area contributed by atoms with Crippen LogP contribution in [0.1, 0.15) is 0 Å². The summed E-state index contributed by atoms with van der Waals surface area (Å²) >= 11 is 0. The molecule has 11 rings (SSSR count). The SMILES string of the molecule is c1ccc(-c2nc(-c3ccccc3)nc(-n3c4ccccc4c4ccc(-c5ccc6c7ccccc7n(-c7cccc8ccccc78)c6c5)cc43)n2)cc1. The molecule has 0 fully saturated rings. The van der Waals surface area contributed by atoms with Gasteiger partial charge in [0, 0.05) is 38.1 Å². The van der Waals surface area contributed by atoms with Gasteiger partial charge in [-0.15, -0.1) is 0 Å². The Kier molecular flexibility index (Phi) is 6.79. The lowest BCUT2D eigenvalue weighted by molar-refractivity contribution is 0.953. The molecule has 3 aromatic heterocycles. The van der Waals surface area contributed by atoms with Crippen LogP contribution in [0.3, 0.4) is 0 Å². The van der Waals surface area contributed by atoms with Gasteiger partial charge in [-0.05, 0) is 46.8 Å². The molecule has 0 bridgehead atoms. The fourth-order valence-corrected chi connectivity index (χ4v) is 8.08. The van der Waals surface area contributed by atoms with E-state index in [1.165, 1.54) is 38.3 Å². The van der Waals surface area contributed by atoms with Crippen LogP contribution in [-0.2, 0) is 0 Å². The van der Waals surface area contributed by atoms with Gasteiger partial charge in [0.25, 0.3) is 0 Å². The highest BCUT2D eigenvalue weighted by atomic mass is 15.2. The average molecular weight is 690 g/mol. The van der Waals surface area contributed by atoms with Gasteiger partial charge >= 0.3 is 0 Å². The van der Waals surface area contributed by atoms with Gasteiger partial charge in [-0.3, -0.25) is 4.57 Å². The number of aromatic nitrogens is 5. The molecule has 0 aliphatic heterocycles. The second-order valence-electron chi connectivity index (χ2n) is 13.7. The minimum Gasteiger partial charge on any atom is -0.309 e. The zero-order valence-corrected chi connectivity index (χ0v) is 29.1. The third-order valence-electron chi connectivity index (χ3n) is 10.6. The maximum atomic E-state index is 5.15. The van der Waals surface area contributed by atoms with E-state index < -0.39 is 0 Å². The van der Waals surface area contributed by atoms with E-state index in [-0.39, 0.29) is 0 Å². The number of rotatable bonds is 5. The van der Waals surface area contributed by atoms with Crippen LogP contribution in [-0.4, -0.2) is 24.1 Å². The van der Waals surface area contributed by atoms with Crippen molar-refractivity contribution in [1.82, 2.24) is 24.1 Å². The fraction of sp³-hybridized carbons (Fsp3) is 0. The lowest BCUT2D eigenvalue weighted by Crippen LogP contribution is -2.06. The minimum absolute atomic E-state index is 0.581. The van der Waals surface area contributed by atoms with Gasteiger partial charge in [-0.2, -0.15) is 9.97 Å². The van der Waals surface area contributed by atoms with Crippen molar-refractivity contribution in [2.45, 2.75) is 0 Å². The zero-order chi connectivity index (χ0) is 35.6. The Morgan fingerprint density at radius 3 is 1.37 bits per heavy atom. The largest absolute Gasteiger partial charge is 0.309 e. The number of benzene rings is 8. The van der Waals surface area contributed by atoms with Crippen molar-refractivity contribution >= 4 is 54.4 Å². The molecular formula is C49H31N5. The summed E-state index contributed by atoms with van der Waals surface area (Å²) < 4.78 is 4.62. The number of fused-ring (bicyclic) bond motifs is 7. The van der Waals surface area contributed by atoms with E-state index in [2.05, 4.69) is 137 Å². The van der Waals surface area contributed by atoms with E-state index in [1.807, 2.05) is 60.7 Å². The molecule has 0 saturated heterocycles. The van der Waals surface area contributed by atoms with E-state index in [9.17, 15) is 0 Å². The summed E-state index contributed by atoms with van der Waals surface area (Å²) in [5, 5.41) is 7.20. The molecule has 8 aromatic carbocycles. The second-order valence-corrected chi connectivity index (χ2v) is 13.7. The molecule has 0 radical (unpaired) electrons. The van der Waals surface area contributed by atoms with Gasteiger partial charge in [0.05, 0.1) is 27.8 Å². The van der Waals surface area contributed by atoms with Crippen LogP contribution in [0.2, 0.25) is 0 Å². The van der Waals surface area contributed by atoms with Crippen LogP contribution in [0.5, 0.6) is 0 Å². The Morgan fingerprint density at radius 2 is 0.759 bits per heavy atom. The molecule has 0 aliphatic rings. The first kappa shape index (κ1) is 30.3. The smallest absolute Gasteiger partial charge is 0.238 e. The van der Waals surface area contributed by atoms with E-state index >= 15 is 0 Å². The summed E-state index contributed by atoms with van der Waals surface area (Å²) in [6, 6.07) is 66.3. The van der Waals surface area contributed by atoms with Crippen molar-refractivity contribution in [2.75, 3.05) is 0 Å². The molecule has 54 heavy (non-hydrogen) atoms. The van der Waals surface area contributed by atoms with Crippen LogP contribution in [0.4, 0.5) is 0 Å². The first-order valence-electron chi connectivity index (χ1n) is 18.2. The van der Waals surface area contributed by atoms with E-state index in [0.717, 1.165) is 44.1 Å². The van der Waals surface area contributed by atoms with Gasteiger partial charge in [0.2, 0.25) is 5.95 Å². The molecule has 0 amide bonds. The minimum atomic E-state index is 0.581. The highest BCUT2D eigenvalue weighted by Gasteiger charge is 2.19. The average Bonchev–Trinajstić information content (AvgIpc) is 3.76. The summed E-state index contributed by atoms with van der Waals surface area (Å²) in [4.78, 5) is 15.3. The zero-order valence-electron chi connectivity index (χ0n) is 29.1. The molecule has 5 heteroatoms. The summed E-state index contributed by atoms with van der Waals surface area (Å²) in [6.45, 7) is 0. The van der Waals surface area contributed by atoms with Crippen molar-refractivity contribution in [3.63, 3.8) is 0 Å². The fourth-order valence-electron chi connectivity index (χ4n) is 8.08. The number of hydrogen-bond donors (Lipinski definition) is 0. The molecule has 5 nitrogen and oxygen atoms in total. The van der Waals surface area contributed by atoms with Gasteiger partial charge in [-0.25, -0.2) is 4.98 Å². The van der Waals surface area contributed by atoms with Crippen LogP contribution in [0.25, 0.3) is 99.9 Å². The Hall–Kier alpha value is -7.37. The summed E-state index contributed by atoms with van der Waals surface area (Å²) in [5.41, 5.74) is 9.74. The molecule has 0 atom stereocenters. The lowest BCUT2D eigenvalue weighted by atomic mass is 10.0. The normalized spacial score (nSPS) is 11.7. The molecule has 11 aromatic rings. The molecule has 0 aliphatic carbocycles. The molecular weight excluding hydrogens is 659 g/mol. The van der Waals surface area contributed by atoms with Crippen molar-refractivity contribution in [3.05, 3.63) is 188 Å². The highest BCUT2D eigenvalue weighted by molar-refractivity contribution is 6.13. The van der Waals surface area contributed by atoms with Crippen molar-refractivity contribution in [1.29, 1.82) is 0 Å². The van der Waals surface area contributed by atoms with Gasteiger partial charge in [0.1, 0.15) is 0 Å². The summed E-state index contributed by atoms with van der Waals surface area (Å²) in [7, 11) is 0. The Labute approximate surface area is 311 Å². The molecule has 0 N–H and O–H groups in total. The first-order chi connectivity index (χ1) is 26.8. The third kappa shape index (κ3) is 4.76. The predicted molar refractivity (Wildman–Crippen MR) is 222 cm³/mol. The maximum Gasteiger partial charge on any atom is 0.238 e. The molecule has 3 heterocycles. The highest BCUT2D eigenvalue weighted by Crippen LogP contribution is 2.39. The number of nitrogens with zero attached hydrogens (tertiary/aromatic N) is 5. The van der Waals surface area contributed by atoms with Gasteiger partial charge in [0.15, 0.2) is 11.6 Å². The molecule has 0 unspecified atom stereocenters. The van der Waals surface area contributed by atoms with Crippen molar-refractivity contribution < 1.29 is 0 Å². The summed E-state index contributed by atoms with van der Waals surface area (Å²) in [6.07, 6.45) is 0. The summed E-state index contributed by atoms with van der Waals surface area (Å²) in [5.74, 6) is 1.85. The number of hydrogen-bond acceptors (Lipinski definition) is 3. The standard InChI is InChI=1S/C49H31N5/c1-3-15-33(16-4-1)47-50-48(34-17-5-2-6-18-34)52-49(51-47)54-44-24-12-10-22-39(44)41-29-27-36(31-46(41)54)35-26-28-40-38-21-9-11-23-43(38)53(45(40)30-35)42-25-13-19-32-14-7-8-20-37(32)42/h1-31H. The molecule has 0 spiro atoms. The van der Waals surface area contributed by atoms with Crippen LogP contribution in [0, 0.1) is 0 Å². The molecule has 0 saturated carbocycles. The lowest BCUT2D eigenvalue weighted by Gasteiger charge is -2.13. The van der Waals surface area contributed by atoms with Gasteiger partial charge in [-0.1, -0.05) is 158 Å².